The summed E-state index contributed by atoms with van der Waals surface area (Å²) in [5.74, 6) is -1.64. The number of sulfonamides is 1. The number of hydrogen-bond donors (Lipinski definition) is 3. The topological polar surface area (TPSA) is 182 Å². The fourth-order valence-corrected chi connectivity index (χ4v) is 7.17. The molecular weight excluding hydrogens is 715 g/mol. The third-order valence-electron chi connectivity index (χ3n) is 9.22. The lowest BCUT2D eigenvalue weighted by Gasteiger charge is -2.31. The molecule has 2 fully saturated rings. The first-order valence-electron chi connectivity index (χ1n) is 17.8. The molecule has 0 spiro atoms. The third kappa shape index (κ3) is 9.48. The summed E-state index contributed by atoms with van der Waals surface area (Å²) in [6.07, 6.45) is 1.19. The molecule has 1 saturated heterocycles. The first kappa shape index (κ1) is 40.0. The zero-order chi connectivity index (χ0) is 39.6. The highest BCUT2D eigenvalue weighted by molar-refractivity contribution is 7.89. The van der Waals surface area contributed by atoms with Crippen LogP contribution in [0, 0.1) is 11.8 Å². The summed E-state index contributed by atoms with van der Waals surface area (Å²) in [5.41, 5.74) is -0.322. The van der Waals surface area contributed by atoms with Crippen LogP contribution >= 0.6 is 0 Å². The number of fused-ring (bicyclic) bond motifs is 1. The van der Waals surface area contributed by atoms with E-state index in [4.69, 9.17) is 19.2 Å². The van der Waals surface area contributed by atoms with Crippen LogP contribution in [0.15, 0.2) is 67.3 Å². The van der Waals surface area contributed by atoms with E-state index in [-0.39, 0.29) is 31.7 Å². The lowest BCUT2D eigenvalue weighted by molar-refractivity contribution is -0.141. The van der Waals surface area contributed by atoms with Gasteiger partial charge in [0.2, 0.25) is 21.8 Å². The van der Waals surface area contributed by atoms with Crippen LogP contribution in [0.5, 0.6) is 11.5 Å². The van der Waals surface area contributed by atoms with Crippen LogP contribution in [0.25, 0.3) is 22.2 Å². The van der Waals surface area contributed by atoms with E-state index in [1.165, 1.54) is 11.0 Å². The van der Waals surface area contributed by atoms with Gasteiger partial charge in [-0.25, -0.2) is 18.2 Å². The predicted octanol–water partition coefficient (Wildman–Crippen LogP) is 4.33. The number of carbonyl (C=O) groups is 4. The van der Waals surface area contributed by atoms with Gasteiger partial charge in [-0.15, -0.1) is 6.58 Å². The van der Waals surface area contributed by atoms with E-state index in [0.29, 0.717) is 28.1 Å². The van der Waals surface area contributed by atoms with Gasteiger partial charge in [0.1, 0.15) is 40.8 Å². The molecule has 1 aromatic heterocycles. The zero-order valence-corrected chi connectivity index (χ0v) is 32.5. The molecule has 15 heteroatoms. The van der Waals surface area contributed by atoms with E-state index >= 15 is 0 Å². The number of rotatable bonds is 13. The van der Waals surface area contributed by atoms with Gasteiger partial charge in [-0.1, -0.05) is 50.3 Å². The monoisotopic (exact) mass is 763 g/mol. The Labute approximate surface area is 316 Å². The fraction of sp³-hybridized carbons (Fsp3) is 0.462. The molecule has 2 aromatic carbocycles. The van der Waals surface area contributed by atoms with Crippen LogP contribution in [-0.4, -0.2) is 91.4 Å². The van der Waals surface area contributed by atoms with Crippen molar-refractivity contribution in [3.05, 3.63) is 67.3 Å². The van der Waals surface area contributed by atoms with Crippen molar-refractivity contribution in [3.63, 3.8) is 0 Å². The number of alkyl carbamates (subject to hydrolysis) is 1. The Morgan fingerprint density at radius 2 is 1.80 bits per heavy atom. The van der Waals surface area contributed by atoms with E-state index in [1.807, 2.05) is 55.0 Å². The summed E-state index contributed by atoms with van der Waals surface area (Å²) in [4.78, 5) is 61.1. The number of likely N-dealkylation sites (tertiary alicyclic amines) is 1. The summed E-state index contributed by atoms with van der Waals surface area (Å²) in [7, 11) is -2.39. The van der Waals surface area contributed by atoms with Gasteiger partial charge < -0.3 is 29.7 Å². The molecule has 4 amide bonds. The second-order valence-electron chi connectivity index (χ2n) is 15.3. The number of benzene rings is 2. The van der Waals surface area contributed by atoms with Gasteiger partial charge in [-0.2, -0.15) is 0 Å². The molecular formula is C39H49N5O9S. The van der Waals surface area contributed by atoms with Crippen molar-refractivity contribution < 1.29 is 41.8 Å². The van der Waals surface area contributed by atoms with Crippen molar-refractivity contribution in [3.8, 4) is 22.8 Å². The normalized spacial score (nSPS) is 21.6. The summed E-state index contributed by atoms with van der Waals surface area (Å²) in [6.45, 7) is 12.6. The van der Waals surface area contributed by atoms with Crippen LogP contribution in [0.4, 0.5) is 4.79 Å². The van der Waals surface area contributed by atoms with Gasteiger partial charge in [0.25, 0.3) is 5.91 Å². The molecule has 5 atom stereocenters. The summed E-state index contributed by atoms with van der Waals surface area (Å²) in [6, 6.07) is 14.5. The van der Waals surface area contributed by atoms with Crippen LogP contribution < -0.4 is 24.8 Å². The zero-order valence-electron chi connectivity index (χ0n) is 31.7. The number of methoxy groups -OCH3 is 1. The molecule has 0 radical (unpaired) electrons. The minimum Gasteiger partial charge on any atom is -0.497 e. The Kier molecular flexibility index (Phi) is 11.6. The molecule has 1 aliphatic carbocycles. The molecule has 1 saturated carbocycles. The van der Waals surface area contributed by atoms with E-state index in [1.54, 1.807) is 46.1 Å². The van der Waals surface area contributed by atoms with Gasteiger partial charge in [0.15, 0.2) is 0 Å². The number of nitrogens with zero attached hydrogens (tertiary/aromatic N) is 2. The molecule has 3 aromatic rings. The molecule has 14 nitrogen and oxygen atoms in total. The molecule has 2 aliphatic rings. The van der Waals surface area contributed by atoms with Crippen molar-refractivity contribution in [2.45, 2.75) is 83.2 Å². The molecule has 54 heavy (non-hydrogen) atoms. The lowest BCUT2D eigenvalue weighted by atomic mass is 10.0. The molecule has 5 rings (SSSR count). The van der Waals surface area contributed by atoms with Crippen molar-refractivity contribution in [2.24, 2.45) is 11.8 Å². The van der Waals surface area contributed by atoms with Gasteiger partial charge >= 0.3 is 6.09 Å². The summed E-state index contributed by atoms with van der Waals surface area (Å²) in [5, 5.41) is 6.13. The average Bonchev–Trinajstić information content (AvgIpc) is 3.65. The number of ether oxygens (including phenoxy) is 3. The van der Waals surface area contributed by atoms with Gasteiger partial charge in [-0.3, -0.25) is 19.1 Å². The molecule has 3 N–H and O–H groups in total. The quantitative estimate of drug-likeness (QED) is 0.212. The standard InChI is InChI=1S/C39H49N5O9S/c1-9-25-21-39(25,36(47)43-54(8,49)50)42-34(45)32-19-27(22-44(32)35(46)31(17-23(2)3)41-37(48)53-38(4,5)6)52-33-20-29(24-13-11-10-12-14-24)40-30-18-26(51-7)15-16-28(30)33/h9-16,18,20,23,25,27,31-32H,1,17,19,21-22H2,2-8H3,(H,41,48)(H,42,45)(H,43,47). The number of carbonyl (C=O) groups excluding carboxylic acids is 4. The number of aromatic nitrogens is 1. The first-order chi connectivity index (χ1) is 25.3. The first-order valence-corrected chi connectivity index (χ1v) is 19.7. The maximum Gasteiger partial charge on any atom is 0.408 e. The SMILES string of the molecule is C=CC1CC1(NC(=O)C1CC(Oc2cc(-c3ccccc3)nc3cc(OC)ccc23)CN1C(=O)C(CC(C)C)NC(=O)OC(C)(C)C)C(=O)NS(C)(=O)=O. The van der Waals surface area contributed by atoms with E-state index in [0.717, 1.165) is 11.8 Å². The van der Waals surface area contributed by atoms with Crippen molar-refractivity contribution in [2.75, 3.05) is 19.9 Å². The number of amides is 4. The molecule has 2 heterocycles. The van der Waals surface area contributed by atoms with Crippen LogP contribution in [0.2, 0.25) is 0 Å². The van der Waals surface area contributed by atoms with Gasteiger partial charge in [0.05, 0.1) is 31.1 Å². The van der Waals surface area contributed by atoms with Crippen molar-refractivity contribution in [1.82, 2.24) is 25.2 Å². The van der Waals surface area contributed by atoms with Gasteiger partial charge in [-0.05, 0) is 51.7 Å². The smallest absolute Gasteiger partial charge is 0.408 e. The summed E-state index contributed by atoms with van der Waals surface area (Å²) < 4.78 is 43.5. The van der Waals surface area contributed by atoms with Crippen LogP contribution in [-0.2, 0) is 29.1 Å². The Morgan fingerprint density at radius 1 is 1.09 bits per heavy atom. The second-order valence-corrected chi connectivity index (χ2v) is 17.0. The molecule has 0 bridgehead atoms. The minimum absolute atomic E-state index is 0.0155. The molecule has 1 aliphatic heterocycles. The predicted molar refractivity (Wildman–Crippen MR) is 203 cm³/mol. The minimum atomic E-state index is -3.95. The van der Waals surface area contributed by atoms with E-state index in [9.17, 15) is 27.6 Å². The van der Waals surface area contributed by atoms with Gasteiger partial charge in [0, 0.05) is 35.4 Å². The van der Waals surface area contributed by atoms with E-state index in [2.05, 4.69) is 17.2 Å². The highest BCUT2D eigenvalue weighted by atomic mass is 32.2. The number of hydrogen-bond acceptors (Lipinski definition) is 10. The Hall–Kier alpha value is -5.18. The molecule has 5 unspecified atom stereocenters. The summed E-state index contributed by atoms with van der Waals surface area (Å²) >= 11 is 0. The number of nitrogens with one attached hydrogen (secondary N) is 3. The van der Waals surface area contributed by atoms with Crippen LogP contribution in [0.3, 0.4) is 0 Å². The molecule has 290 valence electrons. The third-order valence-corrected chi connectivity index (χ3v) is 9.77. The average molecular weight is 764 g/mol. The number of pyridine rings is 1. The highest BCUT2D eigenvalue weighted by Gasteiger charge is 2.61. The maximum atomic E-state index is 14.5. The second kappa shape index (κ2) is 15.7. The van der Waals surface area contributed by atoms with Crippen molar-refractivity contribution >= 4 is 44.7 Å². The van der Waals surface area contributed by atoms with Crippen molar-refractivity contribution in [1.29, 1.82) is 0 Å². The van der Waals surface area contributed by atoms with E-state index < -0.39 is 69.1 Å². The Balaban J connectivity index is 1.51. The largest absolute Gasteiger partial charge is 0.497 e. The lowest BCUT2D eigenvalue weighted by Crippen LogP contribution is -2.58. The fourth-order valence-electron chi connectivity index (χ4n) is 6.65. The van der Waals surface area contributed by atoms with Crippen LogP contribution in [0.1, 0.15) is 53.9 Å². The maximum absolute atomic E-state index is 14.5. The Bertz CT molecular complexity index is 2030. The highest BCUT2D eigenvalue weighted by Crippen LogP contribution is 2.45. The Morgan fingerprint density at radius 3 is 2.39 bits per heavy atom.